The van der Waals surface area contributed by atoms with Crippen LogP contribution >= 0.6 is 35.4 Å². The molecule has 3 heterocycles. The van der Waals surface area contributed by atoms with Gasteiger partial charge in [-0.05, 0) is 92.6 Å². The van der Waals surface area contributed by atoms with Gasteiger partial charge >= 0.3 is 0 Å². The maximum absolute atomic E-state index is 12.9. The third-order valence-corrected chi connectivity index (χ3v) is 7.91. The van der Waals surface area contributed by atoms with Crippen molar-refractivity contribution in [2.75, 3.05) is 11.9 Å². The first-order chi connectivity index (χ1) is 18.7. The second-order valence-electron chi connectivity index (χ2n) is 9.75. The van der Waals surface area contributed by atoms with E-state index in [-0.39, 0.29) is 24.4 Å². The molecule has 0 bridgehead atoms. The number of aryl methyl sites for hydroxylation is 2. The summed E-state index contributed by atoms with van der Waals surface area (Å²) in [6.07, 6.45) is 2.06. The van der Waals surface area contributed by atoms with E-state index in [9.17, 15) is 4.79 Å². The minimum atomic E-state index is -0.187. The van der Waals surface area contributed by atoms with Crippen molar-refractivity contribution in [3.8, 4) is 5.69 Å². The van der Waals surface area contributed by atoms with Gasteiger partial charge in [-0.2, -0.15) is 0 Å². The summed E-state index contributed by atoms with van der Waals surface area (Å²) in [5, 5.41) is 8.23. The van der Waals surface area contributed by atoms with E-state index in [1.54, 1.807) is 12.3 Å². The molecule has 1 aliphatic rings. The number of nitrogens with one attached hydrogen (secondary N) is 2. The van der Waals surface area contributed by atoms with Crippen LogP contribution in [-0.2, 0) is 4.79 Å². The van der Waals surface area contributed by atoms with Crippen LogP contribution in [0.25, 0.3) is 5.69 Å². The van der Waals surface area contributed by atoms with Gasteiger partial charge in [-0.15, -0.1) is 0 Å². The number of nitrogens with zero attached hydrogens (tertiary/aromatic N) is 3. The lowest BCUT2D eigenvalue weighted by Gasteiger charge is -2.28. The first-order valence-electron chi connectivity index (χ1n) is 12.7. The van der Waals surface area contributed by atoms with Crippen LogP contribution in [-0.4, -0.2) is 32.0 Å². The predicted octanol–water partition coefficient (Wildman–Crippen LogP) is 7.11. The maximum atomic E-state index is 12.9. The summed E-state index contributed by atoms with van der Waals surface area (Å²) in [6.45, 7) is 6.58. The number of thiocarbonyl (C=S) groups is 1. The molecule has 9 heteroatoms. The number of hydrogen-bond acceptors (Lipinski definition) is 3. The van der Waals surface area contributed by atoms with E-state index in [1.807, 2.05) is 61.5 Å². The van der Waals surface area contributed by atoms with E-state index in [2.05, 4.69) is 45.0 Å². The molecule has 1 aliphatic heterocycles. The van der Waals surface area contributed by atoms with Gasteiger partial charge in [0.05, 0.1) is 28.5 Å². The molecule has 1 fully saturated rings. The molecule has 2 atom stereocenters. The largest absolute Gasteiger partial charge is 0.352 e. The Bertz CT molecular complexity index is 1540. The van der Waals surface area contributed by atoms with Gasteiger partial charge in [0.25, 0.3) is 0 Å². The molecule has 1 saturated heterocycles. The predicted molar refractivity (Wildman–Crippen MR) is 162 cm³/mol. The quantitative estimate of drug-likeness (QED) is 0.229. The second-order valence-corrected chi connectivity index (χ2v) is 11.0. The number of anilines is 1. The minimum absolute atomic E-state index is 0.0677. The summed E-state index contributed by atoms with van der Waals surface area (Å²) < 4.78 is 2.13. The highest BCUT2D eigenvalue weighted by molar-refractivity contribution is 7.80. The number of carbonyl (C=O) groups excluding carboxylic acids is 1. The normalized spacial score (nSPS) is 16.8. The van der Waals surface area contributed by atoms with Crippen LogP contribution in [0.15, 0.2) is 72.9 Å². The molecular formula is C30H29Cl2N5OS. The Morgan fingerprint density at radius 1 is 1.05 bits per heavy atom. The van der Waals surface area contributed by atoms with Gasteiger partial charge in [0, 0.05) is 41.3 Å². The first kappa shape index (κ1) is 27.2. The Hall–Kier alpha value is -3.39. The van der Waals surface area contributed by atoms with Crippen LogP contribution < -0.4 is 10.6 Å². The lowest BCUT2D eigenvalue weighted by Crippen LogP contribution is -2.32. The molecule has 0 aliphatic carbocycles. The van der Waals surface area contributed by atoms with Gasteiger partial charge in [0.1, 0.15) is 0 Å². The minimum Gasteiger partial charge on any atom is -0.352 e. The van der Waals surface area contributed by atoms with Crippen LogP contribution in [0.2, 0.25) is 10.0 Å². The van der Waals surface area contributed by atoms with E-state index >= 15 is 0 Å². The molecule has 0 unspecified atom stereocenters. The number of amides is 1. The summed E-state index contributed by atoms with van der Waals surface area (Å²) >= 11 is 18.6. The van der Waals surface area contributed by atoms with Crippen molar-refractivity contribution >= 4 is 52.1 Å². The van der Waals surface area contributed by atoms with Gasteiger partial charge in [-0.3, -0.25) is 9.78 Å². The van der Waals surface area contributed by atoms with Crippen molar-refractivity contribution in [2.24, 2.45) is 0 Å². The van der Waals surface area contributed by atoms with Gasteiger partial charge in [-0.25, -0.2) is 0 Å². The topological polar surface area (TPSA) is 62.2 Å². The molecule has 39 heavy (non-hydrogen) atoms. The molecule has 2 aromatic carbocycles. The Morgan fingerprint density at radius 2 is 1.87 bits per heavy atom. The van der Waals surface area contributed by atoms with E-state index in [1.165, 1.54) is 0 Å². The zero-order valence-electron chi connectivity index (χ0n) is 21.9. The molecular weight excluding hydrogens is 549 g/mol. The van der Waals surface area contributed by atoms with Gasteiger partial charge in [-0.1, -0.05) is 41.4 Å². The molecule has 4 aromatic rings. The van der Waals surface area contributed by atoms with Gasteiger partial charge < -0.3 is 20.1 Å². The first-order valence-corrected chi connectivity index (χ1v) is 13.9. The SMILES string of the molecule is Cc1cccc(NC(=O)CCN2C(=S)N[C@H](c3ccccn3)[C@@H]2c2cc(C)n(-c3ccc(Cl)cc3Cl)c2C)c1. The molecule has 2 aromatic heterocycles. The van der Waals surface area contributed by atoms with Gasteiger partial charge in [0.2, 0.25) is 5.91 Å². The molecule has 5 rings (SSSR count). The Labute approximate surface area is 244 Å². The monoisotopic (exact) mass is 577 g/mol. The number of pyridine rings is 1. The van der Waals surface area contributed by atoms with Crippen molar-refractivity contribution < 1.29 is 4.79 Å². The molecule has 0 spiro atoms. The Morgan fingerprint density at radius 3 is 2.59 bits per heavy atom. The molecule has 6 nitrogen and oxygen atoms in total. The molecule has 2 N–H and O–H groups in total. The second kappa shape index (κ2) is 11.4. The molecule has 1 amide bonds. The highest BCUT2D eigenvalue weighted by Crippen LogP contribution is 2.42. The standard InChI is InChI=1S/C30H29Cl2N5OS/c1-18-7-6-8-22(15-18)34-27(38)12-14-36-29(28(35-30(36)39)25-9-4-5-13-33-25)23-16-19(2)37(20(23)3)26-11-10-21(31)17-24(26)32/h4-11,13,15-17,28-29H,12,14H2,1-3H3,(H,34,38)(H,35,39)/t28-,29+/m1/s1. The number of aromatic nitrogens is 2. The molecule has 200 valence electrons. The lowest BCUT2D eigenvalue weighted by molar-refractivity contribution is -0.116. The number of rotatable bonds is 7. The maximum Gasteiger partial charge on any atom is 0.226 e. The van der Waals surface area contributed by atoms with Crippen LogP contribution in [0.4, 0.5) is 5.69 Å². The summed E-state index contributed by atoms with van der Waals surface area (Å²) in [7, 11) is 0. The highest BCUT2D eigenvalue weighted by Gasteiger charge is 2.41. The zero-order valence-corrected chi connectivity index (χ0v) is 24.2. The average molecular weight is 579 g/mol. The third kappa shape index (κ3) is 5.66. The van der Waals surface area contributed by atoms with Gasteiger partial charge in [0.15, 0.2) is 5.11 Å². The highest BCUT2D eigenvalue weighted by atomic mass is 35.5. The number of hydrogen-bond donors (Lipinski definition) is 2. The van der Waals surface area contributed by atoms with Crippen LogP contribution in [0.3, 0.4) is 0 Å². The summed E-state index contributed by atoms with van der Waals surface area (Å²) in [4.78, 5) is 19.6. The number of carbonyl (C=O) groups is 1. The van der Waals surface area contributed by atoms with Crippen molar-refractivity contribution in [1.29, 1.82) is 0 Å². The summed E-state index contributed by atoms with van der Waals surface area (Å²) in [6, 6.07) is 21.0. The molecule has 0 saturated carbocycles. The fraction of sp³-hybridized carbons (Fsp3) is 0.233. The van der Waals surface area contributed by atoms with E-state index in [0.717, 1.165) is 39.6 Å². The lowest BCUT2D eigenvalue weighted by atomic mass is 9.96. The number of halogens is 2. The average Bonchev–Trinajstić information content (AvgIpc) is 3.38. The van der Waals surface area contributed by atoms with Crippen LogP contribution in [0, 0.1) is 20.8 Å². The smallest absolute Gasteiger partial charge is 0.226 e. The van der Waals surface area contributed by atoms with Crippen molar-refractivity contribution in [3.05, 3.63) is 111 Å². The van der Waals surface area contributed by atoms with Crippen LogP contribution in [0.5, 0.6) is 0 Å². The van der Waals surface area contributed by atoms with E-state index in [0.29, 0.717) is 21.7 Å². The van der Waals surface area contributed by atoms with Crippen molar-refractivity contribution in [3.63, 3.8) is 0 Å². The number of benzene rings is 2. The van der Waals surface area contributed by atoms with E-state index < -0.39 is 0 Å². The van der Waals surface area contributed by atoms with Crippen molar-refractivity contribution in [1.82, 2.24) is 19.8 Å². The fourth-order valence-corrected chi connectivity index (χ4v) is 6.10. The Kier molecular flexibility index (Phi) is 7.93. The summed E-state index contributed by atoms with van der Waals surface area (Å²) in [5.74, 6) is -0.0677. The fourth-order valence-electron chi connectivity index (χ4n) is 5.27. The zero-order chi connectivity index (χ0) is 27.7. The third-order valence-electron chi connectivity index (χ3n) is 7.02. The van der Waals surface area contributed by atoms with Crippen LogP contribution in [0.1, 0.15) is 46.7 Å². The molecule has 0 radical (unpaired) electrons. The Balaban J connectivity index is 1.48. The van der Waals surface area contributed by atoms with Crippen molar-refractivity contribution in [2.45, 2.75) is 39.3 Å². The summed E-state index contributed by atoms with van der Waals surface area (Å²) in [5.41, 5.74) is 6.76. The van der Waals surface area contributed by atoms with E-state index in [4.69, 9.17) is 35.4 Å².